The quantitative estimate of drug-likeness (QED) is 0.827. The molecule has 1 aliphatic heterocycles. The zero-order valence-electron chi connectivity index (χ0n) is 11.0. The Morgan fingerprint density at radius 3 is 2.85 bits per heavy atom. The van der Waals surface area contributed by atoms with Crippen molar-refractivity contribution in [3.63, 3.8) is 0 Å². The molecule has 0 aromatic heterocycles. The van der Waals surface area contributed by atoms with E-state index < -0.39 is 10.0 Å². The average Bonchev–Trinajstić information content (AvgIpc) is 2.46. The first-order chi connectivity index (χ1) is 9.53. The summed E-state index contributed by atoms with van der Waals surface area (Å²) in [5.74, 6) is 3.85. The van der Waals surface area contributed by atoms with Crippen LogP contribution in [0.25, 0.3) is 0 Å². The maximum atomic E-state index is 12.2. The van der Waals surface area contributed by atoms with E-state index in [0.717, 1.165) is 17.3 Å². The molecule has 1 aliphatic rings. The first-order valence-electron chi connectivity index (χ1n) is 6.05. The molecule has 1 aromatic carbocycles. The SMILES string of the molecule is COc1ccc(S(=O)(=O)NCC2CSCCS2)cc1Br. The van der Waals surface area contributed by atoms with Crippen molar-refractivity contribution in [2.75, 3.05) is 30.9 Å². The number of hydrogen-bond acceptors (Lipinski definition) is 5. The Hall–Kier alpha value is 0.110. The van der Waals surface area contributed by atoms with E-state index in [1.165, 1.54) is 0 Å². The minimum atomic E-state index is -3.47. The maximum absolute atomic E-state index is 12.2. The molecule has 1 saturated heterocycles. The van der Waals surface area contributed by atoms with Crippen LogP contribution in [0.3, 0.4) is 0 Å². The molecule has 0 saturated carbocycles. The van der Waals surface area contributed by atoms with E-state index in [1.54, 1.807) is 25.3 Å². The summed E-state index contributed by atoms with van der Waals surface area (Å²) in [5.41, 5.74) is 0. The van der Waals surface area contributed by atoms with Crippen LogP contribution >= 0.6 is 39.5 Å². The van der Waals surface area contributed by atoms with Crippen LogP contribution in [0.2, 0.25) is 0 Å². The highest BCUT2D eigenvalue weighted by molar-refractivity contribution is 9.10. The van der Waals surface area contributed by atoms with Gasteiger partial charge in [0.1, 0.15) is 5.75 Å². The molecule has 1 heterocycles. The molecule has 112 valence electrons. The third-order valence-electron chi connectivity index (χ3n) is 2.82. The molecule has 1 fully saturated rings. The molecular weight excluding hydrogens is 382 g/mol. The Morgan fingerprint density at radius 2 is 2.25 bits per heavy atom. The normalized spacial score (nSPS) is 19.8. The summed E-state index contributed by atoms with van der Waals surface area (Å²) >= 11 is 7.01. The van der Waals surface area contributed by atoms with Gasteiger partial charge in [-0.3, -0.25) is 0 Å². The van der Waals surface area contributed by atoms with Gasteiger partial charge in [-0.25, -0.2) is 13.1 Å². The van der Waals surface area contributed by atoms with Crippen LogP contribution in [0.5, 0.6) is 5.75 Å². The molecule has 0 aliphatic carbocycles. The largest absolute Gasteiger partial charge is 0.496 e. The van der Waals surface area contributed by atoms with Gasteiger partial charge in [-0.2, -0.15) is 23.5 Å². The summed E-state index contributed by atoms with van der Waals surface area (Å²) in [6.07, 6.45) is 0. The second kappa shape index (κ2) is 7.40. The standard InChI is InChI=1S/C12H16BrNO3S3/c1-17-12-3-2-10(6-11(12)13)20(15,16)14-7-9-8-18-4-5-19-9/h2-3,6,9,14H,4-5,7-8H2,1H3. The number of benzene rings is 1. The lowest BCUT2D eigenvalue weighted by Gasteiger charge is -2.21. The van der Waals surface area contributed by atoms with Crippen molar-refractivity contribution in [1.29, 1.82) is 0 Å². The highest BCUT2D eigenvalue weighted by Crippen LogP contribution is 2.28. The molecule has 0 radical (unpaired) electrons. The van der Waals surface area contributed by atoms with E-state index in [1.807, 2.05) is 23.5 Å². The molecule has 1 N–H and O–H groups in total. The van der Waals surface area contributed by atoms with Crippen LogP contribution in [0, 0.1) is 0 Å². The molecule has 0 spiro atoms. The van der Waals surface area contributed by atoms with Gasteiger partial charge in [-0.15, -0.1) is 0 Å². The highest BCUT2D eigenvalue weighted by Gasteiger charge is 2.20. The van der Waals surface area contributed by atoms with E-state index in [0.29, 0.717) is 22.0 Å². The van der Waals surface area contributed by atoms with Gasteiger partial charge >= 0.3 is 0 Å². The summed E-state index contributed by atoms with van der Waals surface area (Å²) < 4.78 is 32.9. The van der Waals surface area contributed by atoms with Crippen molar-refractivity contribution >= 4 is 49.5 Å². The Kier molecular flexibility index (Phi) is 6.09. The van der Waals surface area contributed by atoms with Crippen molar-refractivity contribution in [2.24, 2.45) is 0 Å². The fraction of sp³-hybridized carbons (Fsp3) is 0.500. The van der Waals surface area contributed by atoms with E-state index in [4.69, 9.17) is 4.74 Å². The minimum Gasteiger partial charge on any atom is -0.496 e. The van der Waals surface area contributed by atoms with Gasteiger partial charge < -0.3 is 4.74 Å². The fourth-order valence-electron chi connectivity index (χ4n) is 1.75. The number of methoxy groups -OCH3 is 1. The number of sulfonamides is 1. The Balaban J connectivity index is 2.04. The third kappa shape index (κ3) is 4.30. The molecule has 1 aromatic rings. The van der Waals surface area contributed by atoms with Crippen molar-refractivity contribution < 1.29 is 13.2 Å². The Bertz CT molecular complexity index is 559. The van der Waals surface area contributed by atoms with Gasteiger partial charge in [-0.1, -0.05) is 0 Å². The topological polar surface area (TPSA) is 55.4 Å². The molecule has 1 atom stereocenters. The Morgan fingerprint density at radius 1 is 1.45 bits per heavy atom. The minimum absolute atomic E-state index is 0.249. The van der Waals surface area contributed by atoms with E-state index >= 15 is 0 Å². The summed E-state index contributed by atoms with van der Waals surface area (Å²) in [4.78, 5) is 0.249. The Labute approximate surface area is 136 Å². The van der Waals surface area contributed by atoms with Gasteiger partial charge in [0.15, 0.2) is 0 Å². The summed E-state index contributed by atoms with van der Waals surface area (Å²) in [7, 11) is -1.92. The van der Waals surface area contributed by atoms with Crippen molar-refractivity contribution in [1.82, 2.24) is 4.72 Å². The van der Waals surface area contributed by atoms with Crippen molar-refractivity contribution in [3.8, 4) is 5.75 Å². The van der Waals surface area contributed by atoms with E-state index in [9.17, 15) is 8.42 Å². The van der Waals surface area contributed by atoms with Crippen LogP contribution in [-0.2, 0) is 10.0 Å². The molecular formula is C12H16BrNO3S3. The van der Waals surface area contributed by atoms with Crippen LogP contribution in [-0.4, -0.2) is 44.6 Å². The lowest BCUT2D eigenvalue weighted by atomic mass is 10.3. The molecule has 4 nitrogen and oxygen atoms in total. The first-order valence-corrected chi connectivity index (χ1v) is 10.5. The van der Waals surface area contributed by atoms with Gasteiger partial charge in [0.2, 0.25) is 10.0 Å². The number of halogens is 1. The third-order valence-corrected chi connectivity index (χ3v) is 7.71. The van der Waals surface area contributed by atoms with E-state index in [2.05, 4.69) is 20.7 Å². The van der Waals surface area contributed by atoms with Gasteiger partial charge in [0.05, 0.1) is 16.5 Å². The smallest absolute Gasteiger partial charge is 0.240 e. The molecule has 1 unspecified atom stereocenters. The lowest BCUT2D eigenvalue weighted by Crippen LogP contribution is -2.33. The highest BCUT2D eigenvalue weighted by atomic mass is 79.9. The van der Waals surface area contributed by atoms with Crippen molar-refractivity contribution in [3.05, 3.63) is 22.7 Å². The van der Waals surface area contributed by atoms with E-state index in [-0.39, 0.29) is 4.90 Å². The maximum Gasteiger partial charge on any atom is 0.240 e. The van der Waals surface area contributed by atoms with Crippen LogP contribution in [0.15, 0.2) is 27.6 Å². The number of thioether (sulfide) groups is 2. The monoisotopic (exact) mass is 397 g/mol. The lowest BCUT2D eigenvalue weighted by molar-refractivity contribution is 0.411. The molecule has 2 rings (SSSR count). The van der Waals surface area contributed by atoms with Crippen LogP contribution in [0.1, 0.15) is 0 Å². The predicted octanol–water partition coefficient (Wildman–Crippen LogP) is 2.58. The van der Waals surface area contributed by atoms with Gasteiger partial charge in [-0.05, 0) is 34.1 Å². The average molecular weight is 398 g/mol. The second-order valence-electron chi connectivity index (χ2n) is 4.22. The molecule has 0 bridgehead atoms. The second-order valence-corrected chi connectivity index (χ2v) is 9.40. The summed E-state index contributed by atoms with van der Waals surface area (Å²) in [5, 5.41) is 0.352. The van der Waals surface area contributed by atoms with Crippen LogP contribution in [0.4, 0.5) is 0 Å². The molecule has 0 amide bonds. The fourth-order valence-corrected chi connectivity index (χ4v) is 6.27. The van der Waals surface area contributed by atoms with Crippen molar-refractivity contribution in [2.45, 2.75) is 10.1 Å². The zero-order chi connectivity index (χ0) is 14.6. The summed E-state index contributed by atoms with van der Waals surface area (Å²) in [6.45, 7) is 0.476. The predicted molar refractivity (Wildman–Crippen MR) is 89.5 cm³/mol. The summed E-state index contributed by atoms with van der Waals surface area (Å²) in [6, 6.07) is 4.75. The van der Waals surface area contributed by atoms with Gasteiger partial charge in [0.25, 0.3) is 0 Å². The zero-order valence-corrected chi connectivity index (χ0v) is 15.0. The number of rotatable bonds is 5. The van der Waals surface area contributed by atoms with Gasteiger partial charge in [0, 0.05) is 29.1 Å². The molecule has 20 heavy (non-hydrogen) atoms. The van der Waals surface area contributed by atoms with Crippen LogP contribution < -0.4 is 9.46 Å². The number of ether oxygens (including phenoxy) is 1. The first kappa shape index (κ1) is 16.5. The number of hydrogen-bond donors (Lipinski definition) is 1. The number of nitrogens with one attached hydrogen (secondary N) is 1. The molecule has 8 heteroatoms.